The Kier molecular flexibility index (Phi) is 4.78. The fourth-order valence-corrected chi connectivity index (χ4v) is 2.59. The van der Waals surface area contributed by atoms with Gasteiger partial charge in [0.15, 0.2) is 5.82 Å². The third-order valence-electron chi connectivity index (χ3n) is 3.80. The molecule has 0 saturated carbocycles. The van der Waals surface area contributed by atoms with Gasteiger partial charge in [0.05, 0.1) is 6.20 Å². The van der Waals surface area contributed by atoms with Gasteiger partial charge in [0.1, 0.15) is 17.8 Å². The first-order valence-corrected chi connectivity index (χ1v) is 8.00. The van der Waals surface area contributed by atoms with Crippen molar-refractivity contribution in [2.75, 3.05) is 0 Å². The van der Waals surface area contributed by atoms with Crippen LogP contribution in [0.25, 0.3) is 11.5 Å². The molecule has 4 nitrogen and oxygen atoms in total. The highest BCUT2D eigenvalue weighted by Crippen LogP contribution is 2.17. The average Bonchev–Trinajstić information content (AvgIpc) is 3.00. The highest BCUT2D eigenvalue weighted by atomic mass is 15.1. The van der Waals surface area contributed by atoms with E-state index in [0.717, 1.165) is 30.9 Å². The normalized spacial score (nSPS) is 11.1. The average molecular weight is 293 g/mol. The number of hydrogen-bond donors (Lipinski definition) is 0. The predicted octanol–water partition coefficient (Wildman–Crippen LogP) is 3.75. The van der Waals surface area contributed by atoms with Crippen LogP contribution in [0.2, 0.25) is 0 Å². The van der Waals surface area contributed by atoms with Gasteiger partial charge in [-0.15, -0.1) is 0 Å². The zero-order valence-corrected chi connectivity index (χ0v) is 13.0. The summed E-state index contributed by atoms with van der Waals surface area (Å²) in [5.74, 6) is 1.75. The third kappa shape index (κ3) is 3.50. The van der Waals surface area contributed by atoms with Crippen molar-refractivity contribution in [1.82, 2.24) is 19.5 Å². The third-order valence-corrected chi connectivity index (χ3v) is 3.80. The van der Waals surface area contributed by atoms with Crippen LogP contribution < -0.4 is 0 Å². The van der Waals surface area contributed by atoms with Crippen LogP contribution in [-0.4, -0.2) is 19.5 Å². The van der Waals surface area contributed by atoms with Crippen molar-refractivity contribution >= 4 is 0 Å². The number of benzene rings is 1. The van der Waals surface area contributed by atoms with Crippen molar-refractivity contribution < 1.29 is 0 Å². The Labute approximate surface area is 131 Å². The van der Waals surface area contributed by atoms with Gasteiger partial charge in [0.25, 0.3) is 0 Å². The Morgan fingerprint density at radius 2 is 1.91 bits per heavy atom. The molecule has 22 heavy (non-hydrogen) atoms. The number of rotatable bonds is 7. The predicted molar refractivity (Wildman–Crippen MR) is 86.7 cm³/mol. The lowest BCUT2D eigenvalue weighted by molar-refractivity contribution is 0.612. The Bertz CT molecular complexity index is 675. The molecule has 0 saturated heterocycles. The Morgan fingerprint density at radius 1 is 1.05 bits per heavy atom. The molecule has 0 N–H and O–H groups in total. The molecule has 0 aliphatic carbocycles. The zero-order valence-electron chi connectivity index (χ0n) is 13.0. The Morgan fingerprint density at radius 3 is 2.73 bits per heavy atom. The lowest BCUT2D eigenvalue weighted by Gasteiger charge is -2.14. The number of imidazole rings is 1. The summed E-state index contributed by atoms with van der Waals surface area (Å²) < 4.78 is 2.10. The van der Waals surface area contributed by atoms with E-state index in [4.69, 9.17) is 0 Å². The monoisotopic (exact) mass is 293 g/mol. The van der Waals surface area contributed by atoms with Gasteiger partial charge in [-0.1, -0.05) is 56.5 Å². The fourth-order valence-electron chi connectivity index (χ4n) is 2.59. The van der Waals surface area contributed by atoms with Crippen LogP contribution in [0.1, 0.15) is 44.0 Å². The van der Waals surface area contributed by atoms with Gasteiger partial charge in [0.2, 0.25) is 0 Å². The van der Waals surface area contributed by atoms with Crippen LogP contribution in [0.4, 0.5) is 0 Å². The van der Waals surface area contributed by atoms with E-state index in [0.29, 0.717) is 5.82 Å². The zero-order chi connectivity index (χ0) is 15.2. The van der Waals surface area contributed by atoms with E-state index in [1.807, 2.05) is 6.07 Å². The first-order valence-electron chi connectivity index (χ1n) is 8.00. The number of unbranched alkanes of at least 4 members (excludes halogenated alkanes) is 3. The van der Waals surface area contributed by atoms with Crippen LogP contribution in [0.15, 0.2) is 36.7 Å². The highest BCUT2D eigenvalue weighted by molar-refractivity contribution is 5.47. The van der Waals surface area contributed by atoms with E-state index < -0.39 is 0 Å². The maximum Gasteiger partial charge on any atom is 0.183 e. The van der Waals surface area contributed by atoms with Crippen LogP contribution in [-0.2, 0) is 13.0 Å². The first kappa shape index (κ1) is 14.7. The molecule has 1 aromatic rings. The second-order valence-electron chi connectivity index (χ2n) is 5.57. The molecule has 1 radical (unpaired) electrons. The van der Waals surface area contributed by atoms with Crippen molar-refractivity contribution in [2.24, 2.45) is 0 Å². The van der Waals surface area contributed by atoms with E-state index in [1.165, 1.54) is 24.8 Å². The minimum Gasteiger partial charge on any atom is -0.322 e. The van der Waals surface area contributed by atoms with Gasteiger partial charge in [-0.25, -0.2) is 15.0 Å². The van der Waals surface area contributed by atoms with Crippen LogP contribution in [0, 0.1) is 6.20 Å². The number of aryl methyl sites for hydroxylation is 1. The van der Waals surface area contributed by atoms with Crippen LogP contribution in [0.5, 0.6) is 0 Å². The summed E-state index contributed by atoms with van der Waals surface area (Å²) in [6, 6.07) is 10.4. The smallest absolute Gasteiger partial charge is 0.183 e. The van der Waals surface area contributed by atoms with Gasteiger partial charge in [-0.05, 0) is 12.0 Å². The number of nitrogens with zero attached hydrogens (tertiary/aromatic N) is 4. The summed E-state index contributed by atoms with van der Waals surface area (Å²) in [6.07, 6.45) is 10.8. The molecular formula is C18H21N4. The van der Waals surface area contributed by atoms with Gasteiger partial charge in [-0.2, -0.15) is 0 Å². The number of aromatic nitrogens is 4. The second-order valence-corrected chi connectivity index (χ2v) is 5.57. The quantitative estimate of drug-likeness (QED) is 0.623. The summed E-state index contributed by atoms with van der Waals surface area (Å²) in [7, 11) is 0. The van der Waals surface area contributed by atoms with E-state index in [9.17, 15) is 0 Å². The first-order chi connectivity index (χ1) is 10.9. The van der Waals surface area contributed by atoms with E-state index in [1.54, 1.807) is 6.33 Å². The molecule has 0 aromatic heterocycles. The van der Waals surface area contributed by atoms with Crippen molar-refractivity contribution in [3.8, 4) is 11.5 Å². The SMILES string of the molecule is CCCCCCc1nc2ncnc-2[c]n1Cc1ccccc1. The molecule has 0 amide bonds. The summed E-state index contributed by atoms with van der Waals surface area (Å²) in [6.45, 7) is 3.01. The van der Waals surface area contributed by atoms with Crippen molar-refractivity contribution in [2.45, 2.75) is 45.6 Å². The molecule has 113 valence electrons. The number of hydrogen-bond acceptors (Lipinski definition) is 3. The molecule has 1 aromatic carbocycles. The van der Waals surface area contributed by atoms with Gasteiger partial charge in [-0.3, -0.25) is 0 Å². The molecular weight excluding hydrogens is 272 g/mol. The maximum absolute atomic E-state index is 4.69. The lowest BCUT2D eigenvalue weighted by Crippen LogP contribution is -2.12. The van der Waals surface area contributed by atoms with Crippen molar-refractivity contribution in [3.63, 3.8) is 0 Å². The summed E-state index contributed by atoms with van der Waals surface area (Å²) in [5.41, 5.74) is 1.99. The lowest BCUT2D eigenvalue weighted by atomic mass is 10.1. The van der Waals surface area contributed by atoms with Crippen LogP contribution in [0.3, 0.4) is 0 Å². The summed E-state index contributed by atoms with van der Waals surface area (Å²) in [5, 5.41) is 0. The van der Waals surface area contributed by atoms with Crippen molar-refractivity contribution in [3.05, 3.63) is 54.2 Å². The molecule has 2 heterocycles. The molecule has 3 rings (SSSR count). The van der Waals surface area contributed by atoms with Gasteiger partial charge >= 0.3 is 0 Å². The van der Waals surface area contributed by atoms with Gasteiger partial charge in [0, 0.05) is 13.0 Å². The maximum atomic E-state index is 4.69. The Balaban J connectivity index is 1.84. The molecule has 0 unspecified atom stereocenters. The summed E-state index contributed by atoms with van der Waals surface area (Å²) in [4.78, 5) is 13.1. The molecule has 0 atom stereocenters. The fraction of sp³-hybridized carbons (Fsp3) is 0.389. The molecule has 0 bridgehead atoms. The molecule has 0 fully saturated rings. The summed E-state index contributed by atoms with van der Waals surface area (Å²) >= 11 is 0. The molecule has 0 spiro atoms. The molecule has 4 heteroatoms. The van der Waals surface area contributed by atoms with Gasteiger partial charge < -0.3 is 4.57 Å². The molecule has 2 aliphatic rings. The second kappa shape index (κ2) is 7.16. The number of fused-ring (bicyclic) bond motifs is 1. The van der Waals surface area contributed by atoms with E-state index in [2.05, 4.69) is 56.9 Å². The Hall–Kier alpha value is -2.23. The standard InChI is InChI=1S/C18H21N4/c1-2-3-4-8-11-17-21-18-16(19-14-20-18)13-22(17)12-15-9-6-5-7-10-15/h5-7,9-10,14H,2-4,8,11-12H2,1H3. The van der Waals surface area contributed by atoms with E-state index in [-0.39, 0.29) is 0 Å². The largest absolute Gasteiger partial charge is 0.322 e. The van der Waals surface area contributed by atoms with E-state index >= 15 is 0 Å². The van der Waals surface area contributed by atoms with Crippen molar-refractivity contribution in [1.29, 1.82) is 0 Å². The minimum atomic E-state index is 0.704. The minimum absolute atomic E-state index is 0.704. The highest BCUT2D eigenvalue weighted by Gasteiger charge is 2.13. The van der Waals surface area contributed by atoms with Crippen LogP contribution >= 0.6 is 0 Å². The molecule has 2 aliphatic heterocycles. The topological polar surface area (TPSA) is 43.6 Å².